The Kier molecular flexibility index (Phi) is 5.02. The predicted molar refractivity (Wildman–Crippen MR) is 98.0 cm³/mol. The van der Waals surface area contributed by atoms with Crippen LogP contribution >= 0.6 is 0 Å². The van der Waals surface area contributed by atoms with Crippen molar-refractivity contribution in [3.63, 3.8) is 0 Å². The molecular weight excluding hydrogens is 349 g/mol. The maximum absolute atomic E-state index is 13.4. The van der Waals surface area contributed by atoms with Gasteiger partial charge in [-0.05, 0) is 18.2 Å². The van der Waals surface area contributed by atoms with Gasteiger partial charge in [0.2, 0.25) is 5.91 Å². The largest absolute Gasteiger partial charge is 0.488 e. The Balaban J connectivity index is 1.42. The Morgan fingerprint density at radius 2 is 2.19 bits per heavy atom. The molecular formula is C20H20FN3O3. The van der Waals surface area contributed by atoms with Crippen LogP contribution in [0.15, 0.2) is 48.5 Å². The molecule has 3 aromatic rings. The number of H-pyrrole nitrogens is 1. The first-order valence-corrected chi connectivity index (χ1v) is 8.90. The summed E-state index contributed by atoms with van der Waals surface area (Å²) in [6.45, 7) is 0.896. The van der Waals surface area contributed by atoms with Crippen LogP contribution < -0.4 is 10.1 Å². The molecule has 0 spiro atoms. The summed E-state index contributed by atoms with van der Waals surface area (Å²) in [6, 6.07) is 13.3. The van der Waals surface area contributed by atoms with Gasteiger partial charge in [-0.2, -0.15) is 5.10 Å². The van der Waals surface area contributed by atoms with Gasteiger partial charge in [0.25, 0.3) is 0 Å². The number of amides is 1. The molecule has 27 heavy (non-hydrogen) atoms. The minimum absolute atomic E-state index is 0.146. The van der Waals surface area contributed by atoms with Gasteiger partial charge in [-0.15, -0.1) is 0 Å². The Labute approximate surface area is 155 Å². The van der Waals surface area contributed by atoms with Crippen LogP contribution in [0.4, 0.5) is 4.39 Å². The van der Waals surface area contributed by atoms with Crippen molar-refractivity contribution >= 4 is 16.8 Å². The number of para-hydroxylation sites is 1. The van der Waals surface area contributed by atoms with Crippen LogP contribution in [-0.2, 0) is 16.0 Å². The van der Waals surface area contributed by atoms with E-state index < -0.39 is 0 Å². The first-order valence-electron chi connectivity index (χ1n) is 8.90. The lowest BCUT2D eigenvalue weighted by molar-refractivity contribution is -0.123. The molecule has 1 fully saturated rings. The second-order valence-corrected chi connectivity index (χ2v) is 6.55. The summed E-state index contributed by atoms with van der Waals surface area (Å²) in [4.78, 5) is 12.5. The second kappa shape index (κ2) is 7.75. The Morgan fingerprint density at radius 1 is 1.30 bits per heavy atom. The highest BCUT2D eigenvalue weighted by Gasteiger charge is 2.29. The summed E-state index contributed by atoms with van der Waals surface area (Å²) in [5, 5.41) is 11.0. The number of rotatable bonds is 5. The van der Waals surface area contributed by atoms with Crippen molar-refractivity contribution in [1.82, 2.24) is 15.5 Å². The quantitative estimate of drug-likeness (QED) is 0.725. The van der Waals surface area contributed by atoms with E-state index in [1.165, 1.54) is 12.1 Å². The molecule has 2 atom stereocenters. The van der Waals surface area contributed by atoms with Crippen LogP contribution in [0.3, 0.4) is 0 Å². The minimum atomic E-state index is -0.355. The van der Waals surface area contributed by atoms with E-state index >= 15 is 0 Å². The highest BCUT2D eigenvalue weighted by atomic mass is 19.1. The number of ether oxygens (including phenoxy) is 2. The number of hydrogen-bond donors (Lipinski definition) is 2. The Bertz CT molecular complexity index is 943. The van der Waals surface area contributed by atoms with Gasteiger partial charge in [0.15, 0.2) is 0 Å². The number of nitrogens with one attached hydrogen (secondary N) is 2. The number of carbonyl (C=O) groups is 1. The molecule has 4 rings (SSSR count). The van der Waals surface area contributed by atoms with Crippen molar-refractivity contribution in [3.05, 3.63) is 60.0 Å². The molecule has 0 radical (unpaired) electrons. The van der Waals surface area contributed by atoms with Crippen LogP contribution in [0, 0.1) is 5.82 Å². The number of fused-ring (bicyclic) bond motifs is 1. The van der Waals surface area contributed by atoms with E-state index in [2.05, 4.69) is 15.5 Å². The van der Waals surface area contributed by atoms with E-state index in [-0.39, 0.29) is 30.3 Å². The first-order chi connectivity index (χ1) is 13.2. The van der Waals surface area contributed by atoms with Gasteiger partial charge in [0.05, 0.1) is 36.9 Å². The van der Waals surface area contributed by atoms with Gasteiger partial charge < -0.3 is 14.8 Å². The van der Waals surface area contributed by atoms with E-state index in [4.69, 9.17) is 9.47 Å². The fourth-order valence-corrected chi connectivity index (χ4v) is 3.28. The van der Waals surface area contributed by atoms with Crippen molar-refractivity contribution in [2.75, 3.05) is 13.2 Å². The molecule has 0 saturated carbocycles. The van der Waals surface area contributed by atoms with Gasteiger partial charge >= 0.3 is 0 Å². The lowest BCUT2D eigenvalue weighted by Crippen LogP contribution is -2.52. The van der Waals surface area contributed by atoms with Gasteiger partial charge in [-0.3, -0.25) is 9.89 Å². The molecule has 1 aromatic heterocycles. The molecule has 1 aliphatic rings. The minimum Gasteiger partial charge on any atom is -0.488 e. The molecule has 6 nitrogen and oxygen atoms in total. The lowest BCUT2D eigenvalue weighted by Gasteiger charge is -2.32. The van der Waals surface area contributed by atoms with Gasteiger partial charge in [0, 0.05) is 17.9 Å². The number of aromatic amines is 1. The summed E-state index contributed by atoms with van der Waals surface area (Å²) in [5.41, 5.74) is 1.59. The normalized spacial score (nSPS) is 19.7. The fraction of sp³-hybridized carbons (Fsp3) is 0.300. The number of benzene rings is 2. The molecule has 0 aliphatic carbocycles. The van der Waals surface area contributed by atoms with Crippen LogP contribution in [0.25, 0.3) is 10.9 Å². The molecule has 7 heteroatoms. The molecule has 2 unspecified atom stereocenters. The smallest absolute Gasteiger partial charge is 0.226 e. The second-order valence-electron chi connectivity index (χ2n) is 6.55. The summed E-state index contributed by atoms with van der Waals surface area (Å²) in [7, 11) is 0. The standard InChI is InChI=1S/C20H20FN3O3/c21-13-4-3-5-14(10-13)27-19-8-9-26-12-18(19)22-20(25)11-17-15-6-1-2-7-16(15)23-24-17/h1-7,10,18-19H,8-9,11-12H2,(H,22,25)(H,23,24). The zero-order chi connectivity index (χ0) is 18.6. The summed E-state index contributed by atoms with van der Waals surface area (Å²) < 4.78 is 24.8. The van der Waals surface area contributed by atoms with E-state index in [1.807, 2.05) is 24.3 Å². The van der Waals surface area contributed by atoms with Crippen LogP contribution in [0.5, 0.6) is 5.75 Å². The zero-order valence-corrected chi connectivity index (χ0v) is 14.7. The topological polar surface area (TPSA) is 76.2 Å². The molecule has 140 valence electrons. The average molecular weight is 369 g/mol. The molecule has 2 N–H and O–H groups in total. The monoisotopic (exact) mass is 369 g/mol. The van der Waals surface area contributed by atoms with Crippen molar-refractivity contribution in [3.8, 4) is 5.75 Å². The van der Waals surface area contributed by atoms with Crippen LogP contribution in [0.1, 0.15) is 12.1 Å². The maximum atomic E-state index is 13.4. The highest BCUT2D eigenvalue weighted by Crippen LogP contribution is 2.20. The zero-order valence-electron chi connectivity index (χ0n) is 14.7. The molecule has 2 aromatic carbocycles. The summed E-state index contributed by atoms with van der Waals surface area (Å²) >= 11 is 0. The molecule has 1 saturated heterocycles. The summed E-state index contributed by atoms with van der Waals surface area (Å²) in [5.74, 6) is -0.0558. The van der Waals surface area contributed by atoms with E-state index in [1.54, 1.807) is 12.1 Å². The Morgan fingerprint density at radius 3 is 3.07 bits per heavy atom. The molecule has 0 bridgehead atoms. The molecule has 1 aliphatic heterocycles. The van der Waals surface area contributed by atoms with Crippen LogP contribution in [-0.4, -0.2) is 41.5 Å². The third kappa shape index (κ3) is 4.09. The van der Waals surface area contributed by atoms with E-state index in [9.17, 15) is 9.18 Å². The lowest BCUT2D eigenvalue weighted by atomic mass is 10.1. The van der Waals surface area contributed by atoms with E-state index in [0.717, 1.165) is 16.6 Å². The number of carbonyl (C=O) groups excluding carboxylic acids is 1. The predicted octanol–water partition coefficient (Wildman–Crippen LogP) is 2.60. The van der Waals surface area contributed by atoms with Gasteiger partial charge in [0.1, 0.15) is 17.7 Å². The number of halogens is 1. The Hall–Kier alpha value is -2.93. The van der Waals surface area contributed by atoms with Gasteiger partial charge in [-0.1, -0.05) is 24.3 Å². The molecule has 1 amide bonds. The third-order valence-electron chi connectivity index (χ3n) is 4.60. The van der Waals surface area contributed by atoms with Gasteiger partial charge in [-0.25, -0.2) is 4.39 Å². The third-order valence-corrected chi connectivity index (χ3v) is 4.60. The molecule has 2 heterocycles. The average Bonchev–Trinajstić information content (AvgIpc) is 3.06. The van der Waals surface area contributed by atoms with Crippen LogP contribution in [0.2, 0.25) is 0 Å². The van der Waals surface area contributed by atoms with Crippen molar-refractivity contribution in [1.29, 1.82) is 0 Å². The SMILES string of the molecule is O=C(Cc1[nH]nc2ccccc12)NC1COCCC1Oc1cccc(F)c1. The number of hydrogen-bond acceptors (Lipinski definition) is 4. The van der Waals surface area contributed by atoms with E-state index in [0.29, 0.717) is 25.4 Å². The van der Waals surface area contributed by atoms with Crippen molar-refractivity contribution in [2.24, 2.45) is 0 Å². The van der Waals surface area contributed by atoms with Crippen molar-refractivity contribution < 1.29 is 18.7 Å². The number of nitrogens with zero attached hydrogens (tertiary/aromatic N) is 1. The first kappa shape index (κ1) is 17.5. The number of aromatic nitrogens is 2. The highest BCUT2D eigenvalue weighted by molar-refractivity contribution is 5.87. The maximum Gasteiger partial charge on any atom is 0.226 e. The fourth-order valence-electron chi connectivity index (χ4n) is 3.28. The summed E-state index contributed by atoms with van der Waals surface area (Å²) in [6.07, 6.45) is 0.529. The van der Waals surface area contributed by atoms with Crippen molar-refractivity contribution in [2.45, 2.75) is 25.0 Å².